The molecule has 1 aliphatic rings. The van der Waals surface area contributed by atoms with E-state index in [-0.39, 0.29) is 5.97 Å². The molecule has 4 heteroatoms. The van der Waals surface area contributed by atoms with Crippen LogP contribution in [0.2, 0.25) is 0 Å². The van der Waals surface area contributed by atoms with Gasteiger partial charge in [0.05, 0.1) is 0 Å². The van der Waals surface area contributed by atoms with Crippen LogP contribution in [0.5, 0.6) is 0 Å². The molecule has 0 bridgehead atoms. The van der Waals surface area contributed by atoms with Crippen molar-refractivity contribution in [2.75, 3.05) is 0 Å². The summed E-state index contributed by atoms with van der Waals surface area (Å²) in [6, 6.07) is 23.1. The Morgan fingerprint density at radius 3 is 2.32 bits per heavy atom. The molecule has 0 saturated heterocycles. The molecule has 0 amide bonds. The highest BCUT2D eigenvalue weighted by atomic mass is 16.6. The van der Waals surface area contributed by atoms with Gasteiger partial charge >= 0.3 is 5.97 Å². The number of fused-ring (bicyclic) bond motifs is 1. The molecule has 0 unspecified atom stereocenters. The van der Waals surface area contributed by atoms with Gasteiger partial charge < -0.3 is 9.47 Å². The van der Waals surface area contributed by atoms with E-state index in [0.29, 0.717) is 5.90 Å². The Labute approximate surface area is 164 Å². The van der Waals surface area contributed by atoms with Gasteiger partial charge in [-0.1, -0.05) is 54.6 Å². The Hall–Kier alpha value is -3.14. The van der Waals surface area contributed by atoms with Gasteiger partial charge in [0.1, 0.15) is 5.60 Å². The van der Waals surface area contributed by atoms with Crippen molar-refractivity contribution in [3.05, 3.63) is 83.9 Å². The van der Waals surface area contributed by atoms with Gasteiger partial charge in [0, 0.05) is 5.56 Å². The molecular weight excluding hydrogens is 350 g/mol. The molecule has 3 aromatic carbocycles. The number of hydrogen-bond donors (Lipinski definition) is 0. The summed E-state index contributed by atoms with van der Waals surface area (Å²) in [6.45, 7) is 5.56. The summed E-state index contributed by atoms with van der Waals surface area (Å²) >= 11 is 0. The SMILES string of the molecule is CC(C)(C)OC(=O)[C@H]1N=C(c2ccccc2)O[C@H]1c1ccc2ccccc2c1. The Morgan fingerprint density at radius 2 is 1.61 bits per heavy atom. The number of carbonyl (C=O) groups is 1. The normalized spacial score (nSPS) is 19.2. The third-order valence-corrected chi connectivity index (χ3v) is 4.55. The number of esters is 1. The Bertz CT molecular complexity index is 1030. The molecular formula is C24H23NO3. The number of aliphatic imine (C=N–C) groups is 1. The summed E-state index contributed by atoms with van der Waals surface area (Å²) in [5, 5.41) is 2.24. The first-order chi connectivity index (χ1) is 13.4. The van der Waals surface area contributed by atoms with Crippen molar-refractivity contribution >= 4 is 22.6 Å². The van der Waals surface area contributed by atoms with Crippen LogP contribution in [0.1, 0.15) is 38.0 Å². The van der Waals surface area contributed by atoms with Crippen LogP contribution in [-0.2, 0) is 14.3 Å². The average molecular weight is 373 g/mol. The maximum atomic E-state index is 12.9. The van der Waals surface area contributed by atoms with Gasteiger partial charge in [-0.25, -0.2) is 9.79 Å². The highest BCUT2D eigenvalue weighted by Gasteiger charge is 2.40. The highest BCUT2D eigenvalue weighted by molar-refractivity contribution is 5.98. The quantitative estimate of drug-likeness (QED) is 0.602. The van der Waals surface area contributed by atoms with E-state index in [9.17, 15) is 4.79 Å². The van der Waals surface area contributed by atoms with Crippen LogP contribution in [0.15, 0.2) is 77.8 Å². The van der Waals surface area contributed by atoms with Crippen LogP contribution >= 0.6 is 0 Å². The molecule has 0 radical (unpaired) electrons. The second-order valence-corrected chi connectivity index (χ2v) is 7.92. The summed E-state index contributed by atoms with van der Waals surface area (Å²) in [7, 11) is 0. The topological polar surface area (TPSA) is 47.9 Å². The second-order valence-electron chi connectivity index (χ2n) is 7.92. The van der Waals surface area contributed by atoms with Crippen molar-refractivity contribution in [2.24, 2.45) is 4.99 Å². The van der Waals surface area contributed by atoms with Gasteiger partial charge in [0.2, 0.25) is 5.90 Å². The van der Waals surface area contributed by atoms with E-state index in [0.717, 1.165) is 21.9 Å². The minimum Gasteiger partial charge on any atom is -0.466 e. The maximum absolute atomic E-state index is 12.9. The maximum Gasteiger partial charge on any atom is 0.335 e. The average Bonchev–Trinajstić information content (AvgIpc) is 3.13. The number of rotatable bonds is 3. The van der Waals surface area contributed by atoms with Gasteiger partial charge in [-0.3, -0.25) is 0 Å². The number of ether oxygens (including phenoxy) is 2. The summed E-state index contributed by atoms with van der Waals surface area (Å²) in [4.78, 5) is 17.5. The molecule has 142 valence electrons. The third-order valence-electron chi connectivity index (χ3n) is 4.55. The van der Waals surface area contributed by atoms with Gasteiger partial charge in [0.15, 0.2) is 12.1 Å². The first kappa shape index (κ1) is 18.2. The molecule has 4 rings (SSSR count). The molecule has 0 fully saturated rings. The van der Waals surface area contributed by atoms with Crippen molar-refractivity contribution in [3.8, 4) is 0 Å². The summed E-state index contributed by atoms with van der Waals surface area (Å²) in [6.07, 6.45) is -0.519. The van der Waals surface area contributed by atoms with Crippen molar-refractivity contribution in [2.45, 2.75) is 38.5 Å². The van der Waals surface area contributed by atoms with Crippen LogP contribution in [0, 0.1) is 0 Å². The summed E-state index contributed by atoms with van der Waals surface area (Å²) in [5.41, 5.74) is 1.17. The molecule has 1 aliphatic heterocycles. The predicted octanol–water partition coefficient (Wildman–Crippen LogP) is 5.07. The monoisotopic (exact) mass is 373 g/mol. The van der Waals surface area contributed by atoms with E-state index in [4.69, 9.17) is 9.47 Å². The van der Waals surface area contributed by atoms with Crippen LogP contribution in [0.4, 0.5) is 0 Å². The molecule has 2 atom stereocenters. The van der Waals surface area contributed by atoms with Gasteiger partial charge in [0.25, 0.3) is 0 Å². The lowest BCUT2D eigenvalue weighted by molar-refractivity contribution is -0.158. The van der Waals surface area contributed by atoms with E-state index in [1.165, 1.54) is 0 Å². The zero-order chi connectivity index (χ0) is 19.7. The smallest absolute Gasteiger partial charge is 0.335 e. The number of benzene rings is 3. The number of hydrogen-bond acceptors (Lipinski definition) is 4. The molecule has 4 nitrogen and oxygen atoms in total. The fraction of sp³-hybridized carbons (Fsp3) is 0.250. The standard InChI is InChI=1S/C24H23NO3/c1-24(2,3)28-23(26)20-21(27-22(25-20)17-10-5-4-6-11-17)19-14-13-16-9-7-8-12-18(16)15-19/h4-15,20-21H,1-3H3/t20-,21-/m0/s1. The molecule has 1 heterocycles. The van der Waals surface area contributed by atoms with Crippen LogP contribution in [-0.4, -0.2) is 23.5 Å². The number of carbonyl (C=O) groups excluding carboxylic acids is 1. The van der Waals surface area contributed by atoms with Crippen molar-refractivity contribution < 1.29 is 14.3 Å². The first-order valence-corrected chi connectivity index (χ1v) is 9.42. The lowest BCUT2D eigenvalue weighted by atomic mass is 9.99. The van der Waals surface area contributed by atoms with Crippen molar-refractivity contribution in [3.63, 3.8) is 0 Å². The highest BCUT2D eigenvalue weighted by Crippen LogP contribution is 2.34. The minimum absolute atomic E-state index is 0.378. The lowest BCUT2D eigenvalue weighted by Gasteiger charge is -2.23. The zero-order valence-corrected chi connectivity index (χ0v) is 16.3. The third kappa shape index (κ3) is 3.77. The van der Waals surface area contributed by atoms with E-state index in [1.807, 2.05) is 75.4 Å². The Balaban J connectivity index is 1.72. The number of nitrogens with zero attached hydrogens (tertiary/aromatic N) is 1. The second kappa shape index (κ2) is 7.12. The van der Waals surface area contributed by atoms with Crippen LogP contribution < -0.4 is 0 Å². The fourth-order valence-electron chi connectivity index (χ4n) is 3.31. The molecule has 0 N–H and O–H groups in total. The molecule has 0 aliphatic carbocycles. The van der Waals surface area contributed by atoms with Crippen LogP contribution in [0.3, 0.4) is 0 Å². The molecule has 0 spiro atoms. The fourth-order valence-corrected chi connectivity index (χ4v) is 3.31. The summed E-state index contributed by atoms with van der Waals surface area (Å²) in [5.74, 6) is 0.0891. The lowest BCUT2D eigenvalue weighted by Crippen LogP contribution is -2.33. The van der Waals surface area contributed by atoms with Gasteiger partial charge in [-0.05, 0) is 55.3 Å². The first-order valence-electron chi connectivity index (χ1n) is 9.42. The van der Waals surface area contributed by atoms with Gasteiger partial charge in [-0.15, -0.1) is 0 Å². The van der Waals surface area contributed by atoms with E-state index in [1.54, 1.807) is 0 Å². The van der Waals surface area contributed by atoms with E-state index in [2.05, 4.69) is 23.2 Å². The van der Waals surface area contributed by atoms with E-state index < -0.39 is 17.7 Å². The van der Waals surface area contributed by atoms with Crippen LogP contribution in [0.25, 0.3) is 10.8 Å². The van der Waals surface area contributed by atoms with Gasteiger partial charge in [-0.2, -0.15) is 0 Å². The largest absolute Gasteiger partial charge is 0.466 e. The minimum atomic E-state index is -0.740. The zero-order valence-electron chi connectivity index (χ0n) is 16.3. The predicted molar refractivity (Wildman–Crippen MR) is 110 cm³/mol. The van der Waals surface area contributed by atoms with E-state index >= 15 is 0 Å². The molecule has 3 aromatic rings. The Morgan fingerprint density at radius 1 is 0.929 bits per heavy atom. The van der Waals surface area contributed by atoms with Crippen molar-refractivity contribution in [1.29, 1.82) is 0 Å². The molecule has 0 saturated carbocycles. The van der Waals surface area contributed by atoms with Crippen molar-refractivity contribution in [1.82, 2.24) is 0 Å². The summed E-state index contributed by atoms with van der Waals surface area (Å²) < 4.78 is 11.8. The Kier molecular flexibility index (Phi) is 4.63. The molecule has 28 heavy (non-hydrogen) atoms. The molecule has 0 aromatic heterocycles.